The highest BCUT2D eigenvalue weighted by Gasteiger charge is 2.15. The molecule has 130 valence electrons. The third kappa shape index (κ3) is 4.66. The van der Waals surface area contributed by atoms with Crippen molar-refractivity contribution in [1.29, 1.82) is 0 Å². The van der Waals surface area contributed by atoms with Gasteiger partial charge in [-0.15, -0.1) is 11.3 Å². The van der Waals surface area contributed by atoms with Crippen molar-refractivity contribution in [2.24, 2.45) is 0 Å². The molecule has 2 aromatic carbocycles. The number of ether oxygens (including phenoxy) is 1. The first-order chi connectivity index (χ1) is 11.9. The lowest BCUT2D eigenvalue weighted by Gasteiger charge is -2.09. The van der Waals surface area contributed by atoms with E-state index in [0.29, 0.717) is 15.7 Å². The number of halogens is 1. The topological polar surface area (TPSA) is 55.4 Å². The number of thiophene rings is 1. The van der Waals surface area contributed by atoms with Gasteiger partial charge in [0.15, 0.2) is 0 Å². The Kier molecular flexibility index (Phi) is 5.17. The Bertz CT molecular complexity index is 966. The SMILES string of the molecule is Cc1ccc(S(=O)(=O)NCc2cccc(Oc3ccc(F)cc3)c2)s1. The highest BCUT2D eigenvalue weighted by Crippen LogP contribution is 2.23. The lowest BCUT2D eigenvalue weighted by molar-refractivity contribution is 0.479. The van der Waals surface area contributed by atoms with Gasteiger partial charge in [-0.25, -0.2) is 17.5 Å². The van der Waals surface area contributed by atoms with Crippen LogP contribution in [-0.4, -0.2) is 8.42 Å². The van der Waals surface area contributed by atoms with Crippen LogP contribution in [0.5, 0.6) is 11.5 Å². The molecule has 0 bridgehead atoms. The van der Waals surface area contributed by atoms with E-state index in [1.807, 2.05) is 6.92 Å². The van der Waals surface area contributed by atoms with E-state index >= 15 is 0 Å². The van der Waals surface area contributed by atoms with Gasteiger partial charge in [0.2, 0.25) is 10.0 Å². The first-order valence-corrected chi connectivity index (χ1v) is 9.81. The number of nitrogens with one attached hydrogen (secondary N) is 1. The van der Waals surface area contributed by atoms with Crippen LogP contribution in [0.25, 0.3) is 0 Å². The molecular formula is C18H16FNO3S2. The van der Waals surface area contributed by atoms with Crippen LogP contribution in [0.4, 0.5) is 4.39 Å². The average Bonchev–Trinajstić information content (AvgIpc) is 3.03. The number of hydrogen-bond donors (Lipinski definition) is 1. The van der Waals surface area contributed by atoms with Crippen LogP contribution in [-0.2, 0) is 16.6 Å². The van der Waals surface area contributed by atoms with Crippen LogP contribution in [0, 0.1) is 12.7 Å². The van der Waals surface area contributed by atoms with E-state index in [0.717, 1.165) is 10.4 Å². The molecule has 0 aliphatic carbocycles. The monoisotopic (exact) mass is 377 g/mol. The molecule has 1 heterocycles. The normalized spacial score (nSPS) is 11.4. The van der Waals surface area contributed by atoms with Crippen LogP contribution in [0.15, 0.2) is 64.9 Å². The Morgan fingerprint density at radius 3 is 2.48 bits per heavy atom. The lowest BCUT2D eigenvalue weighted by atomic mass is 10.2. The maximum atomic E-state index is 12.9. The molecule has 0 spiro atoms. The van der Waals surface area contributed by atoms with Crippen LogP contribution >= 0.6 is 11.3 Å². The van der Waals surface area contributed by atoms with Gasteiger partial charge in [-0.3, -0.25) is 0 Å². The van der Waals surface area contributed by atoms with Crippen molar-refractivity contribution < 1.29 is 17.5 Å². The zero-order valence-electron chi connectivity index (χ0n) is 13.4. The number of hydrogen-bond acceptors (Lipinski definition) is 4. The lowest BCUT2D eigenvalue weighted by Crippen LogP contribution is -2.22. The number of benzene rings is 2. The van der Waals surface area contributed by atoms with Crippen LogP contribution in [0.1, 0.15) is 10.4 Å². The molecule has 0 fully saturated rings. The molecule has 0 unspecified atom stereocenters. The van der Waals surface area contributed by atoms with Gasteiger partial charge in [0.1, 0.15) is 21.5 Å². The maximum absolute atomic E-state index is 12.9. The quantitative estimate of drug-likeness (QED) is 0.690. The van der Waals surface area contributed by atoms with Gasteiger partial charge in [0, 0.05) is 11.4 Å². The van der Waals surface area contributed by atoms with Gasteiger partial charge in [0.25, 0.3) is 0 Å². The Morgan fingerprint density at radius 1 is 1.04 bits per heavy atom. The van der Waals surface area contributed by atoms with Crippen LogP contribution in [0.3, 0.4) is 0 Å². The van der Waals surface area contributed by atoms with Gasteiger partial charge >= 0.3 is 0 Å². The van der Waals surface area contributed by atoms with Gasteiger partial charge < -0.3 is 4.74 Å². The Morgan fingerprint density at radius 2 is 1.80 bits per heavy atom. The Labute approximate surface area is 150 Å². The molecule has 1 N–H and O–H groups in total. The van der Waals surface area contributed by atoms with Crippen LogP contribution in [0.2, 0.25) is 0 Å². The Hall–Kier alpha value is -2.22. The second-order valence-electron chi connectivity index (χ2n) is 5.39. The van der Waals surface area contributed by atoms with Gasteiger partial charge in [0.05, 0.1) is 0 Å². The third-order valence-corrected chi connectivity index (χ3v) is 6.29. The molecule has 0 saturated carbocycles. The second kappa shape index (κ2) is 7.35. The summed E-state index contributed by atoms with van der Waals surface area (Å²) in [6.07, 6.45) is 0. The van der Waals surface area contributed by atoms with E-state index in [4.69, 9.17) is 4.74 Å². The summed E-state index contributed by atoms with van der Waals surface area (Å²) in [5.41, 5.74) is 0.761. The first-order valence-electron chi connectivity index (χ1n) is 7.51. The largest absolute Gasteiger partial charge is 0.457 e. The number of aryl methyl sites for hydroxylation is 1. The van der Waals surface area contributed by atoms with E-state index in [9.17, 15) is 12.8 Å². The molecule has 0 saturated heterocycles. The molecule has 0 aliphatic heterocycles. The molecule has 3 aromatic rings. The fraction of sp³-hybridized carbons (Fsp3) is 0.111. The van der Waals surface area contributed by atoms with Crippen molar-refractivity contribution >= 4 is 21.4 Å². The summed E-state index contributed by atoms with van der Waals surface area (Å²) in [7, 11) is -3.53. The fourth-order valence-corrected chi connectivity index (χ4v) is 4.51. The van der Waals surface area contributed by atoms with Crippen molar-refractivity contribution in [3.63, 3.8) is 0 Å². The molecule has 0 atom stereocenters. The summed E-state index contributed by atoms with van der Waals surface area (Å²) in [6.45, 7) is 2.01. The molecule has 7 heteroatoms. The fourth-order valence-electron chi connectivity index (χ4n) is 2.16. The summed E-state index contributed by atoms with van der Waals surface area (Å²) >= 11 is 1.23. The third-order valence-electron chi connectivity index (χ3n) is 3.39. The minimum absolute atomic E-state index is 0.153. The smallest absolute Gasteiger partial charge is 0.250 e. The van der Waals surface area contributed by atoms with Crippen molar-refractivity contribution in [3.05, 3.63) is 76.9 Å². The van der Waals surface area contributed by atoms with Crippen molar-refractivity contribution in [2.75, 3.05) is 0 Å². The van der Waals surface area contributed by atoms with E-state index in [-0.39, 0.29) is 12.4 Å². The van der Waals surface area contributed by atoms with Crippen molar-refractivity contribution in [1.82, 2.24) is 4.72 Å². The van der Waals surface area contributed by atoms with Gasteiger partial charge in [-0.2, -0.15) is 0 Å². The molecule has 25 heavy (non-hydrogen) atoms. The van der Waals surface area contributed by atoms with E-state index in [1.165, 1.54) is 35.6 Å². The number of sulfonamides is 1. The molecule has 0 amide bonds. The van der Waals surface area contributed by atoms with Crippen molar-refractivity contribution in [3.8, 4) is 11.5 Å². The zero-order valence-corrected chi connectivity index (χ0v) is 15.0. The van der Waals surface area contributed by atoms with E-state index < -0.39 is 10.0 Å². The molecule has 0 aliphatic rings. The predicted molar refractivity (Wildman–Crippen MR) is 96.0 cm³/mol. The highest BCUT2D eigenvalue weighted by molar-refractivity contribution is 7.91. The van der Waals surface area contributed by atoms with Crippen molar-refractivity contribution in [2.45, 2.75) is 17.7 Å². The molecule has 4 nitrogen and oxygen atoms in total. The molecule has 0 radical (unpaired) electrons. The summed E-state index contributed by atoms with van der Waals surface area (Å²) in [5, 5.41) is 0. The number of rotatable bonds is 6. The minimum atomic E-state index is -3.53. The summed E-state index contributed by atoms with van der Waals surface area (Å²) in [6, 6.07) is 16.1. The summed E-state index contributed by atoms with van der Waals surface area (Å²) in [5.74, 6) is 0.725. The van der Waals surface area contributed by atoms with E-state index in [2.05, 4.69) is 4.72 Å². The molecule has 1 aromatic heterocycles. The molecular weight excluding hydrogens is 361 g/mol. The predicted octanol–water partition coefficient (Wildman–Crippen LogP) is 4.47. The maximum Gasteiger partial charge on any atom is 0.250 e. The summed E-state index contributed by atoms with van der Waals surface area (Å²) < 4.78 is 46.0. The highest BCUT2D eigenvalue weighted by atomic mass is 32.2. The van der Waals surface area contributed by atoms with Crippen LogP contribution < -0.4 is 9.46 Å². The van der Waals surface area contributed by atoms with Gasteiger partial charge in [-0.05, 0) is 61.0 Å². The molecule has 3 rings (SSSR count). The first kappa shape index (κ1) is 17.6. The van der Waals surface area contributed by atoms with Gasteiger partial charge in [-0.1, -0.05) is 12.1 Å². The Balaban J connectivity index is 1.68. The zero-order chi connectivity index (χ0) is 17.9. The standard InChI is InChI=1S/C18H16FNO3S2/c1-13-5-10-18(24-13)25(21,22)20-12-14-3-2-4-17(11-14)23-16-8-6-15(19)7-9-16/h2-11,20H,12H2,1H3. The average molecular weight is 377 g/mol. The van der Waals surface area contributed by atoms with E-state index in [1.54, 1.807) is 36.4 Å². The second-order valence-corrected chi connectivity index (χ2v) is 8.67. The minimum Gasteiger partial charge on any atom is -0.457 e. The summed E-state index contributed by atoms with van der Waals surface area (Å²) in [4.78, 5) is 0.940.